The Balaban J connectivity index is 1.85. The minimum absolute atomic E-state index is 0.176. The first-order valence-electron chi connectivity index (χ1n) is 7.26. The van der Waals surface area contributed by atoms with Gasteiger partial charge in [-0.3, -0.25) is 0 Å². The molecule has 0 bridgehead atoms. The lowest BCUT2D eigenvalue weighted by molar-refractivity contribution is -0.445. The van der Waals surface area contributed by atoms with Crippen molar-refractivity contribution in [3.05, 3.63) is 48.5 Å². The predicted molar refractivity (Wildman–Crippen MR) is 79.3 cm³/mol. The fourth-order valence-corrected chi connectivity index (χ4v) is 3.70. The van der Waals surface area contributed by atoms with Gasteiger partial charge in [-0.05, 0) is 48.5 Å². The zero-order valence-electron chi connectivity index (χ0n) is 13.0. The average Bonchev–Trinajstić information content (AvgIpc) is 2.61. The van der Waals surface area contributed by atoms with Gasteiger partial charge in [-0.2, -0.15) is 22.0 Å². The molecule has 1 fully saturated rings. The molecule has 0 heterocycles. The molecule has 27 heavy (non-hydrogen) atoms. The highest BCUT2D eigenvalue weighted by Gasteiger charge is 2.92. The summed E-state index contributed by atoms with van der Waals surface area (Å²) in [5, 5.41) is 9.17. The van der Waals surface area contributed by atoms with Gasteiger partial charge in [0, 0.05) is 0 Å². The van der Waals surface area contributed by atoms with E-state index < -0.39 is 39.5 Å². The summed E-state index contributed by atoms with van der Waals surface area (Å²) in [7, 11) is -4.06. The summed E-state index contributed by atoms with van der Waals surface area (Å²) < 4.78 is 108. The zero-order valence-corrected chi connectivity index (χ0v) is 13.9. The number of ether oxygens (including phenoxy) is 1. The van der Waals surface area contributed by atoms with Crippen LogP contribution in [0.15, 0.2) is 58.3 Å². The molecular formula is C16H10F6O4S. The average molecular weight is 412 g/mol. The van der Waals surface area contributed by atoms with E-state index in [4.69, 9.17) is 0 Å². The van der Waals surface area contributed by atoms with E-state index in [9.17, 15) is 39.9 Å². The monoisotopic (exact) mass is 412 g/mol. The van der Waals surface area contributed by atoms with Crippen LogP contribution in [0.3, 0.4) is 0 Å². The minimum Gasteiger partial charge on any atom is -0.508 e. The molecule has 1 aliphatic carbocycles. The van der Waals surface area contributed by atoms with Crippen LogP contribution in [0, 0.1) is 0 Å². The van der Waals surface area contributed by atoms with E-state index in [2.05, 4.69) is 4.74 Å². The van der Waals surface area contributed by atoms with Gasteiger partial charge in [-0.15, -0.1) is 0 Å². The third-order valence-corrected chi connectivity index (χ3v) is 5.82. The fourth-order valence-electron chi connectivity index (χ4n) is 2.44. The molecule has 1 N–H and O–H groups in total. The summed E-state index contributed by atoms with van der Waals surface area (Å²) >= 11 is 0. The molecule has 0 spiro atoms. The largest absolute Gasteiger partial charge is 0.508 e. The lowest BCUT2D eigenvalue weighted by Crippen LogP contribution is -2.80. The van der Waals surface area contributed by atoms with Crippen molar-refractivity contribution in [2.45, 2.75) is 33.7 Å². The Morgan fingerprint density at radius 3 is 1.74 bits per heavy atom. The van der Waals surface area contributed by atoms with E-state index >= 15 is 0 Å². The Morgan fingerprint density at radius 1 is 0.852 bits per heavy atom. The van der Waals surface area contributed by atoms with E-state index in [-0.39, 0.29) is 15.5 Å². The first kappa shape index (κ1) is 19.3. The van der Waals surface area contributed by atoms with E-state index in [1.165, 1.54) is 0 Å². The molecule has 2 atom stereocenters. The topological polar surface area (TPSA) is 63.6 Å². The number of halogens is 6. The number of rotatable bonds is 4. The number of hydrogen-bond donors (Lipinski definition) is 1. The molecule has 2 aromatic rings. The van der Waals surface area contributed by atoms with Gasteiger partial charge in [0.25, 0.3) is 0 Å². The van der Waals surface area contributed by atoms with Gasteiger partial charge in [0.1, 0.15) is 11.5 Å². The quantitative estimate of drug-likeness (QED) is 0.774. The van der Waals surface area contributed by atoms with Crippen LogP contribution >= 0.6 is 0 Å². The van der Waals surface area contributed by atoms with Crippen LogP contribution in [0.1, 0.15) is 0 Å². The number of alkyl halides is 6. The molecule has 11 heteroatoms. The number of sulfone groups is 1. The van der Waals surface area contributed by atoms with Gasteiger partial charge in [-0.1, -0.05) is 0 Å². The van der Waals surface area contributed by atoms with Gasteiger partial charge in [-0.25, -0.2) is 12.8 Å². The summed E-state index contributed by atoms with van der Waals surface area (Å²) in [5.41, 5.74) is 0. The normalized spacial score (nSPS) is 26.2. The molecular weight excluding hydrogens is 402 g/mol. The second kappa shape index (κ2) is 5.78. The second-order valence-corrected chi connectivity index (χ2v) is 7.73. The SMILES string of the molecule is O=S(=O)(c1ccc(O)cc1)c1ccc(OC2(F)C(F)C(F)(F)C2(F)F)cc1. The number of phenols is 1. The van der Waals surface area contributed by atoms with Crippen molar-refractivity contribution in [1.29, 1.82) is 0 Å². The highest BCUT2D eigenvalue weighted by atomic mass is 32.2. The summed E-state index contributed by atoms with van der Waals surface area (Å²) in [4.78, 5) is -0.555. The maximum Gasteiger partial charge on any atom is 0.384 e. The number of benzene rings is 2. The lowest BCUT2D eigenvalue weighted by Gasteiger charge is -2.49. The van der Waals surface area contributed by atoms with Crippen LogP contribution < -0.4 is 4.74 Å². The molecule has 146 valence electrons. The van der Waals surface area contributed by atoms with Crippen molar-refractivity contribution in [3.8, 4) is 11.5 Å². The lowest BCUT2D eigenvalue weighted by atomic mass is 9.80. The second-order valence-electron chi connectivity index (χ2n) is 5.78. The maximum atomic E-state index is 13.9. The highest BCUT2D eigenvalue weighted by molar-refractivity contribution is 7.91. The van der Waals surface area contributed by atoms with Crippen molar-refractivity contribution in [2.75, 3.05) is 0 Å². The molecule has 2 unspecified atom stereocenters. The van der Waals surface area contributed by atoms with E-state index in [1.807, 2.05) is 0 Å². The first-order chi connectivity index (χ1) is 12.3. The standard InChI is InChI=1S/C16H10F6O4S/c17-13-14(18,19)16(21,22)15(13,20)26-10-3-7-12(8-4-10)27(24,25)11-5-1-9(23)2-6-11/h1-8,13,23H. The zero-order chi connectivity index (χ0) is 20.3. The smallest absolute Gasteiger partial charge is 0.384 e. The maximum absolute atomic E-state index is 13.9. The van der Waals surface area contributed by atoms with Crippen molar-refractivity contribution < 1.29 is 44.6 Å². The van der Waals surface area contributed by atoms with Gasteiger partial charge >= 0.3 is 17.7 Å². The van der Waals surface area contributed by atoms with Crippen LogP contribution in [0.5, 0.6) is 11.5 Å². The number of phenolic OH excluding ortho intramolecular Hbond substituents is 1. The fraction of sp³-hybridized carbons (Fsp3) is 0.250. The Hall–Kier alpha value is -2.43. The molecule has 1 saturated carbocycles. The number of hydrogen-bond acceptors (Lipinski definition) is 4. The molecule has 0 aromatic heterocycles. The van der Waals surface area contributed by atoms with Crippen molar-refractivity contribution in [1.82, 2.24) is 0 Å². The van der Waals surface area contributed by atoms with Crippen LogP contribution in [0.2, 0.25) is 0 Å². The van der Waals surface area contributed by atoms with Crippen LogP contribution in [-0.4, -0.2) is 37.4 Å². The van der Waals surface area contributed by atoms with Gasteiger partial charge < -0.3 is 9.84 Å². The van der Waals surface area contributed by atoms with E-state index in [0.29, 0.717) is 0 Å². The summed E-state index contributed by atoms with van der Waals surface area (Å²) in [5.74, 6) is -16.1. The van der Waals surface area contributed by atoms with Gasteiger partial charge in [0.05, 0.1) is 9.79 Å². The predicted octanol–water partition coefficient (Wildman–Crippen LogP) is 3.89. The Kier molecular flexibility index (Phi) is 4.14. The Bertz CT molecular complexity index is 959. The van der Waals surface area contributed by atoms with Crippen molar-refractivity contribution >= 4 is 9.84 Å². The summed E-state index contributed by atoms with van der Waals surface area (Å²) in [6.07, 6.45) is -3.89. The van der Waals surface area contributed by atoms with E-state index in [1.54, 1.807) is 0 Å². The Morgan fingerprint density at radius 2 is 1.30 bits per heavy atom. The summed E-state index contributed by atoms with van der Waals surface area (Å²) in [6.45, 7) is 0. The van der Waals surface area contributed by atoms with Crippen LogP contribution in [0.4, 0.5) is 26.3 Å². The molecule has 2 aromatic carbocycles. The summed E-state index contributed by atoms with van der Waals surface area (Å²) in [6, 6.07) is 7.62. The Labute approximate surface area is 148 Å². The molecule has 0 saturated heterocycles. The van der Waals surface area contributed by atoms with Crippen LogP contribution in [0.25, 0.3) is 0 Å². The highest BCUT2D eigenvalue weighted by Crippen LogP contribution is 2.61. The van der Waals surface area contributed by atoms with Crippen LogP contribution in [-0.2, 0) is 9.84 Å². The first-order valence-corrected chi connectivity index (χ1v) is 8.74. The van der Waals surface area contributed by atoms with Gasteiger partial charge in [0.2, 0.25) is 16.0 Å². The minimum atomic E-state index is -5.39. The molecule has 0 amide bonds. The van der Waals surface area contributed by atoms with Crippen molar-refractivity contribution in [3.63, 3.8) is 0 Å². The molecule has 0 aliphatic heterocycles. The molecule has 4 nitrogen and oxygen atoms in total. The van der Waals surface area contributed by atoms with Crippen molar-refractivity contribution in [2.24, 2.45) is 0 Å². The third kappa shape index (κ3) is 2.63. The number of aromatic hydroxyl groups is 1. The van der Waals surface area contributed by atoms with Gasteiger partial charge in [0.15, 0.2) is 0 Å². The molecule has 1 aliphatic rings. The molecule has 3 rings (SSSR count). The third-order valence-electron chi connectivity index (χ3n) is 4.04. The molecule has 0 radical (unpaired) electrons. The van der Waals surface area contributed by atoms with E-state index in [0.717, 1.165) is 48.5 Å².